The molecule has 4 heteroatoms. The Morgan fingerprint density at radius 2 is 2.20 bits per heavy atom. The summed E-state index contributed by atoms with van der Waals surface area (Å²) in [4.78, 5) is 22.6. The van der Waals surface area contributed by atoms with Crippen molar-refractivity contribution in [1.29, 1.82) is 0 Å². The van der Waals surface area contributed by atoms with Gasteiger partial charge in [0.2, 0.25) is 0 Å². The lowest BCUT2D eigenvalue weighted by molar-refractivity contribution is -0.155. The molecule has 1 N–H and O–H groups in total. The van der Waals surface area contributed by atoms with E-state index in [1.165, 1.54) is 0 Å². The Morgan fingerprint density at radius 3 is 2.67 bits per heavy atom. The Kier molecular flexibility index (Phi) is 3.85. The van der Waals surface area contributed by atoms with Crippen LogP contribution in [0.15, 0.2) is 0 Å². The predicted octanol–water partition coefficient (Wildman–Crippen LogP) is 1.04. The third-order valence-electron chi connectivity index (χ3n) is 2.21. The van der Waals surface area contributed by atoms with Crippen molar-refractivity contribution in [3.05, 3.63) is 0 Å². The van der Waals surface area contributed by atoms with Crippen LogP contribution in [0.2, 0.25) is 0 Å². The third-order valence-corrected chi connectivity index (χ3v) is 2.21. The zero-order valence-corrected chi connectivity index (χ0v) is 9.63. The van der Waals surface area contributed by atoms with Crippen LogP contribution in [0.1, 0.15) is 40.0 Å². The van der Waals surface area contributed by atoms with Crippen LogP contribution in [0.3, 0.4) is 0 Å². The van der Waals surface area contributed by atoms with Crippen molar-refractivity contribution < 1.29 is 14.3 Å². The molecule has 1 saturated heterocycles. The summed E-state index contributed by atoms with van der Waals surface area (Å²) in [6.45, 7) is 6.25. The van der Waals surface area contributed by atoms with E-state index in [1.54, 1.807) is 0 Å². The second kappa shape index (κ2) is 4.75. The molecule has 0 spiro atoms. The first kappa shape index (κ1) is 12.2. The molecule has 1 unspecified atom stereocenters. The summed E-state index contributed by atoms with van der Waals surface area (Å²) in [6, 6.07) is -0.141. The summed E-state index contributed by atoms with van der Waals surface area (Å²) < 4.78 is 5.15. The van der Waals surface area contributed by atoms with Crippen LogP contribution < -0.4 is 5.32 Å². The molecule has 0 radical (unpaired) electrons. The van der Waals surface area contributed by atoms with E-state index in [0.29, 0.717) is 19.3 Å². The van der Waals surface area contributed by atoms with Crippen molar-refractivity contribution in [2.75, 3.05) is 6.54 Å². The van der Waals surface area contributed by atoms with Gasteiger partial charge in [-0.3, -0.25) is 9.59 Å². The van der Waals surface area contributed by atoms with Crippen molar-refractivity contribution >= 4 is 11.8 Å². The molecule has 15 heavy (non-hydrogen) atoms. The van der Waals surface area contributed by atoms with Crippen molar-refractivity contribution in [1.82, 2.24) is 5.32 Å². The maximum absolute atomic E-state index is 11.4. The first-order chi connectivity index (χ1) is 6.88. The summed E-state index contributed by atoms with van der Waals surface area (Å²) >= 11 is 0. The molecule has 0 aromatic carbocycles. The van der Waals surface area contributed by atoms with Crippen molar-refractivity contribution in [2.24, 2.45) is 0 Å². The molecule has 1 aliphatic rings. The molecule has 0 bridgehead atoms. The van der Waals surface area contributed by atoms with Crippen molar-refractivity contribution in [2.45, 2.75) is 51.7 Å². The van der Waals surface area contributed by atoms with E-state index in [2.05, 4.69) is 5.32 Å². The normalized spacial score (nSPS) is 21.8. The van der Waals surface area contributed by atoms with Gasteiger partial charge in [-0.15, -0.1) is 0 Å². The lowest BCUT2D eigenvalue weighted by atomic mass is 10.1. The molecule has 0 aromatic rings. The van der Waals surface area contributed by atoms with E-state index in [0.717, 1.165) is 6.54 Å². The van der Waals surface area contributed by atoms with Crippen molar-refractivity contribution in [3.8, 4) is 0 Å². The minimum absolute atomic E-state index is 0.141. The molecule has 1 rings (SSSR count). The van der Waals surface area contributed by atoms with Gasteiger partial charge in [0, 0.05) is 19.4 Å². The first-order valence-corrected chi connectivity index (χ1v) is 5.36. The van der Waals surface area contributed by atoms with Gasteiger partial charge in [-0.05, 0) is 27.2 Å². The number of carbonyl (C=O) groups is 2. The topological polar surface area (TPSA) is 55.4 Å². The number of carbonyl (C=O) groups excluding carboxylic acids is 2. The van der Waals surface area contributed by atoms with Crippen LogP contribution in [-0.2, 0) is 14.3 Å². The summed E-state index contributed by atoms with van der Waals surface area (Å²) in [5.41, 5.74) is -0.440. The maximum atomic E-state index is 11.4. The third kappa shape index (κ3) is 4.42. The first-order valence-electron chi connectivity index (χ1n) is 5.36. The quantitative estimate of drug-likeness (QED) is 0.712. The fourth-order valence-electron chi connectivity index (χ4n) is 1.58. The molecule has 0 saturated carbocycles. The predicted molar refractivity (Wildman–Crippen MR) is 56.5 cm³/mol. The fraction of sp³-hybridized carbons (Fsp3) is 0.818. The van der Waals surface area contributed by atoms with Gasteiger partial charge in [0.15, 0.2) is 5.78 Å². The molecule has 1 fully saturated rings. The second-order valence-corrected chi connectivity index (χ2v) is 4.85. The number of nitrogens with one attached hydrogen (secondary N) is 1. The van der Waals surface area contributed by atoms with E-state index >= 15 is 0 Å². The van der Waals surface area contributed by atoms with Crippen LogP contribution in [0.5, 0.6) is 0 Å². The van der Waals surface area contributed by atoms with Gasteiger partial charge in [-0.1, -0.05) is 0 Å². The Balaban J connectivity index is 2.25. The second-order valence-electron chi connectivity index (χ2n) is 4.85. The Hall–Kier alpha value is -0.900. The highest BCUT2D eigenvalue weighted by Gasteiger charge is 2.25. The van der Waals surface area contributed by atoms with Gasteiger partial charge in [0.05, 0.1) is 6.04 Å². The molecule has 0 aliphatic carbocycles. The number of esters is 1. The number of rotatable bonds is 3. The average molecular weight is 213 g/mol. The smallest absolute Gasteiger partial charge is 0.306 e. The van der Waals surface area contributed by atoms with Crippen LogP contribution in [0, 0.1) is 0 Å². The van der Waals surface area contributed by atoms with E-state index in [1.807, 2.05) is 20.8 Å². The zero-order chi connectivity index (χ0) is 11.5. The van der Waals surface area contributed by atoms with Crippen LogP contribution in [0.4, 0.5) is 0 Å². The highest BCUT2D eigenvalue weighted by Crippen LogP contribution is 2.12. The van der Waals surface area contributed by atoms with Crippen LogP contribution in [0.25, 0.3) is 0 Å². The van der Waals surface area contributed by atoms with Gasteiger partial charge in [0.1, 0.15) is 5.60 Å². The highest BCUT2D eigenvalue weighted by atomic mass is 16.6. The van der Waals surface area contributed by atoms with E-state index < -0.39 is 5.60 Å². The largest absolute Gasteiger partial charge is 0.460 e. The lowest BCUT2D eigenvalue weighted by Gasteiger charge is -2.19. The minimum Gasteiger partial charge on any atom is -0.460 e. The Labute approximate surface area is 90.4 Å². The van der Waals surface area contributed by atoms with Crippen molar-refractivity contribution in [3.63, 3.8) is 0 Å². The maximum Gasteiger partial charge on any atom is 0.306 e. The lowest BCUT2D eigenvalue weighted by Crippen LogP contribution is -2.29. The number of ether oxygens (including phenoxy) is 1. The van der Waals surface area contributed by atoms with E-state index in [4.69, 9.17) is 4.74 Å². The molecular weight excluding hydrogens is 194 g/mol. The molecule has 4 nitrogen and oxygen atoms in total. The van der Waals surface area contributed by atoms with E-state index in [9.17, 15) is 9.59 Å². The highest BCUT2D eigenvalue weighted by molar-refractivity contribution is 5.86. The van der Waals surface area contributed by atoms with E-state index in [-0.39, 0.29) is 17.8 Å². The van der Waals surface area contributed by atoms with Gasteiger partial charge in [0.25, 0.3) is 0 Å². The van der Waals surface area contributed by atoms with Gasteiger partial charge in [-0.25, -0.2) is 0 Å². The number of hydrogen-bond donors (Lipinski definition) is 1. The van der Waals surface area contributed by atoms with Gasteiger partial charge >= 0.3 is 5.97 Å². The van der Waals surface area contributed by atoms with Crippen LogP contribution >= 0.6 is 0 Å². The summed E-state index contributed by atoms with van der Waals surface area (Å²) in [7, 11) is 0. The summed E-state index contributed by atoms with van der Waals surface area (Å²) in [5, 5.41) is 3.07. The molecule has 0 aromatic heterocycles. The molecule has 1 aliphatic heterocycles. The Morgan fingerprint density at radius 1 is 1.53 bits per heavy atom. The van der Waals surface area contributed by atoms with Gasteiger partial charge < -0.3 is 10.1 Å². The minimum atomic E-state index is -0.440. The Bertz CT molecular complexity index is 255. The zero-order valence-electron chi connectivity index (χ0n) is 9.63. The number of ketones is 1. The summed E-state index contributed by atoms with van der Waals surface area (Å²) in [6.07, 6.45) is 1.44. The molecule has 1 heterocycles. The van der Waals surface area contributed by atoms with Crippen LogP contribution in [-0.4, -0.2) is 29.9 Å². The molecule has 0 amide bonds. The summed E-state index contributed by atoms with van der Waals surface area (Å²) in [5.74, 6) is -0.0254. The average Bonchev–Trinajstić information content (AvgIpc) is 2.44. The standard InChI is InChI=1S/C11H19NO3/c1-11(2,3)15-10(14)5-4-8-9(13)6-7-12-8/h8,12H,4-7H2,1-3H3. The monoisotopic (exact) mass is 213 g/mol. The molecular formula is C11H19NO3. The number of hydrogen-bond acceptors (Lipinski definition) is 4. The number of Topliss-reactive ketones (excluding diaryl/α,β-unsaturated/α-hetero) is 1. The molecule has 1 atom stereocenters. The molecule has 86 valence electrons. The SMILES string of the molecule is CC(C)(C)OC(=O)CCC1NCCC1=O. The fourth-order valence-corrected chi connectivity index (χ4v) is 1.58. The van der Waals surface area contributed by atoms with Gasteiger partial charge in [-0.2, -0.15) is 0 Å².